The SMILES string of the molecule is CC(C)C(=O)NC(C)(C(=O)O)C(F)(F)F. The summed E-state index contributed by atoms with van der Waals surface area (Å²) in [5.74, 6) is -3.81. The molecule has 0 aromatic rings. The van der Waals surface area contributed by atoms with Crippen LogP contribution in [0.25, 0.3) is 0 Å². The summed E-state index contributed by atoms with van der Waals surface area (Å²) in [6, 6.07) is 0. The number of carbonyl (C=O) groups excluding carboxylic acids is 1. The minimum absolute atomic E-state index is 0.412. The zero-order valence-electron chi connectivity index (χ0n) is 8.47. The lowest BCUT2D eigenvalue weighted by Crippen LogP contribution is -2.62. The highest BCUT2D eigenvalue weighted by Crippen LogP contribution is 2.30. The Morgan fingerprint density at radius 3 is 1.87 bits per heavy atom. The molecule has 0 spiro atoms. The number of carbonyl (C=O) groups is 2. The van der Waals surface area contributed by atoms with Crippen LogP contribution < -0.4 is 5.32 Å². The number of alkyl halides is 3. The molecule has 88 valence electrons. The van der Waals surface area contributed by atoms with E-state index in [0.29, 0.717) is 6.92 Å². The fourth-order valence-electron chi connectivity index (χ4n) is 0.636. The van der Waals surface area contributed by atoms with Gasteiger partial charge < -0.3 is 10.4 Å². The van der Waals surface area contributed by atoms with Crippen LogP contribution in [0.2, 0.25) is 0 Å². The van der Waals surface area contributed by atoms with Crippen molar-refractivity contribution in [3.8, 4) is 0 Å². The molecule has 0 saturated carbocycles. The van der Waals surface area contributed by atoms with Gasteiger partial charge in [0.05, 0.1) is 0 Å². The molecule has 2 N–H and O–H groups in total. The van der Waals surface area contributed by atoms with E-state index in [4.69, 9.17) is 5.11 Å². The van der Waals surface area contributed by atoms with Gasteiger partial charge in [0.2, 0.25) is 11.4 Å². The van der Waals surface area contributed by atoms with Gasteiger partial charge in [0, 0.05) is 5.92 Å². The van der Waals surface area contributed by atoms with Crippen molar-refractivity contribution in [1.29, 1.82) is 0 Å². The third-order valence-corrected chi connectivity index (χ3v) is 1.89. The lowest BCUT2D eigenvalue weighted by Gasteiger charge is -2.29. The Labute approximate surface area is 84.5 Å². The number of amides is 1. The van der Waals surface area contributed by atoms with Gasteiger partial charge in [-0.1, -0.05) is 13.8 Å². The second kappa shape index (κ2) is 4.08. The maximum atomic E-state index is 12.4. The molecule has 0 fully saturated rings. The number of aliphatic carboxylic acids is 1. The maximum Gasteiger partial charge on any atom is 0.422 e. The van der Waals surface area contributed by atoms with Crippen LogP contribution in [0.3, 0.4) is 0 Å². The van der Waals surface area contributed by atoms with Crippen molar-refractivity contribution in [3.63, 3.8) is 0 Å². The lowest BCUT2D eigenvalue weighted by atomic mass is 10.0. The maximum absolute atomic E-state index is 12.4. The van der Waals surface area contributed by atoms with Gasteiger partial charge in [0.15, 0.2) is 0 Å². The molecule has 0 heterocycles. The molecule has 0 bridgehead atoms. The first-order chi connectivity index (χ1) is 6.52. The van der Waals surface area contributed by atoms with E-state index in [-0.39, 0.29) is 0 Å². The minimum Gasteiger partial charge on any atom is -0.479 e. The largest absolute Gasteiger partial charge is 0.479 e. The Bertz CT molecular complexity index is 275. The van der Waals surface area contributed by atoms with Crippen LogP contribution in [0.4, 0.5) is 13.2 Å². The smallest absolute Gasteiger partial charge is 0.422 e. The monoisotopic (exact) mass is 227 g/mol. The van der Waals surface area contributed by atoms with Crippen molar-refractivity contribution >= 4 is 11.9 Å². The molecular formula is C8H12F3NO3. The summed E-state index contributed by atoms with van der Waals surface area (Å²) < 4.78 is 37.1. The molecule has 0 rings (SSSR count). The van der Waals surface area contributed by atoms with Gasteiger partial charge in [-0.15, -0.1) is 0 Å². The van der Waals surface area contributed by atoms with E-state index in [0.717, 1.165) is 0 Å². The van der Waals surface area contributed by atoms with Crippen molar-refractivity contribution in [2.24, 2.45) is 5.92 Å². The second-order valence-electron chi connectivity index (χ2n) is 3.57. The molecule has 4 nitrogen and oxygen atoms in total. The van der Waals surface area contributed by atoms with Crippen LogP contribution in [-0.2, 0) is 9.59 Å². The summed E-state index contributed by atoms with van der Waals surface area (Å²) >= 11 is 0. The average Bonchev–Trinajstić information content (AvgIpc) is 2.01. The Kier molecular flexibility index (Phi) is 3.73. The van der Waals surface area contributed by atoms with E-state index in [1.165, 1.54) is 19.2 Å². The summed E-state index contributed by atoms with van der Waals surface area (Å²) in [4.78, 5) is 21.5. The standard InChI is InChI=1S/C8H12F3NO3/c1-4(2)5(13)12-7(3,6(14)15)8(9,10)11/h4H,1-3H3,(H,12,13)(H,14,15). The molecule has 0 radical (unpaired) electrons. The predicted molar refractivity (Wildman–Crippen MR) is 45.1 cm³/mol. The van der Waals surface area contributed by atoms with Crippen LogP contribution in [0.1, 0.15) is 20.8 Å². The molecular weight excluding hydrogens is 215 g/mol. The first-order valence-electron chi connectivity index (χ1n) is 4.14. The van der Waals surface area contributed by atoms with Crippen LogP contribution >= 0.6 is 0 Å². The zero-order valence-corrected chi connectivity index (χ0v) is 8.47. The Hall–Kier alpha value is -1.27. The number of hydrogen-bond donors (Lipinski definition) is 2. The number of halogens is 3. The van der Waals surface area contributed by atoms with Gasteiger partial charge in [-0.05, 0) is 6.92 Å². The topological polar surface area (TPSA) is 66.4 Å². The van der Waals surface area contributed by atoms with Crippen LogP contribution in [0, 0.1) is 5.92 Å². The first-order valence-corrected chi connectivity index (χ1v) is 4.14. The number of rotatable bonds is 3. The molecule has 1 atom stereocenters. The molecule has 1 amide bonds. The molecule has 0 aliphatic heterocycles. The predicted octanol–water partition coefficient (Wildman–Crippen LogP) is 1.16. The summed E-state index contributed by atoms with van der Waals surface area (Å²) in [5.41, 5.74) is -3.24. The third-order valence-electron chi connectivity index (χ3n) is 1.89. The molecule has 1 unspecified atom stereocenters. The molecule has 0 aliphatic rings. The first kappa shape index (κ1) is 13.7. The van der Waals surface area contributed by atoms with Crippen molar-refractivity contribution in [2.45, 2.75) is 32.5 Å². The van der Waals surface area contributed by atoms with Crippen molar-refractivity contribution in [3.05, 3.63) is 0 Å². The van der Waals surface area contributed by atoms with Crippen molar-refractivity contribution in [2.75, 3.05) is 0 Å². The highest BCUT2D eigenvalue weighted by molar-refractivity contribution is 5.88. The number of carboxylic acids is 1. The summed E-state index contributed by atoms with van der Waals surface area (Å²) in [6.07, 6.45) is -5.04. The third kappa shape index (κ3) is 2.84. The molecule has 0 aromatic carbocycles. The van der Waals surface area contributed by atoms with Crippen LogP contribution in [0.15, 0.2) is 0 Å². The summed E-state index contributed by atoms with van der Waals surface area (Å²) in [6.45, 7) is 3.15. The van der Waals surface area contributed by atoms with E-state index in [2.05, 4.69) is 0 Å². The fourth-order valence-corrected chi connectivity index (χ4v) is 0.636. The van der Waals surface area contributed by atoms with E-state index in [9.17, 15) is 22.8 Å². The van der Waals surface area contributed by atoms with E-state index in [1.807, 2.05) is 0 Å². The Morgan fingerprint density at radius 1 is 1.27 bits per heavy atom. The lowest BCUT2D eigenvalue weighted by molar-refractivity contribution is -0.207. The highest BCUT2D eigenvalue weighted by Gasteiger charge is 2.58. The fraction of sp³-hybridized carbons (Fsp3) is 0.750. The van der Waals surface area contributed by atoms with Gasteiger partial charge in [0.1, 0.15) is 0 Å². The van der Waals surface area contributed by atoms with Gasteiger partial charge in [-0.3, -0.25) is 4.79 Å². The van der Waals surface area contributed by atoms with Crippen LogP contribution in [-0.4, -0.2) is 28.7 Å². The quantitative estimate of drug-likeness (QED) is 0.760. The van der Waals surface area contributed by atoms with Crippen molar-refractivity contribution in [1.82, 2.24) is 5.32 Å². The van der Waals surface area contributed by atoms with Gasteiger partial charge in [-0.2, -0.15) is 13.2 Å². The second-order valence-corrected chi connectivity index (χ2v) is 3.57. The summed E-state index contributed by atoms with van der Waals surface area (Å²) in [5, 5.41) is 9.93. The minimum atomic E-state index is -5.04. The number of nitrogens with one attached hydrogen (secondary N) is 1. The molecule has 0 aromatic heterocycles. The average molecular weight is 227 g/mol. The van der Waals surface area contributed by atoms with E-state index < -0.39 is 29.5 Å². The van der Waals surface area contributed by atoms with Crippen molar-refractivity contribution < 1.29 is 27.9 Å². The molecule has 15 heavy (non-hydrogen) atoms. The normalized spacial score (nSPS) is 15.9. The molecule has 0 aliphatic carbocycles. The summed E-state index contributed by atoms with van der Waals surface area (Å²) in [7, 11) is 0. The van der Waals surface area contributed by atoms with E-state index >= 15 is 0 Å². The molecule has 0 saturated heterocycles. The Morgan fingerprint density at radius 2 is 1.67 bits per heavy atom. The number of hydrogen-bond acceptors (Lipinski definition) is 2. The molecule has 7 heteroatoms. The Balaban J connectivity index is 5.01. The number of carboxylic acid groups (broad SMARTS) is 1. The van der Waals surface area contributed by atoms with Gasteiger partial charge >= 0.3 is 12.1 Å². The van der Waals surface area contributed by atoms with Gasteiger partial charge in [0.25, 0.3) is 0 Å². The van der Waals surface area contributed by atoms with Gasteiger partial charge in [-0.25, -0.2) is 4.79 Å². The van der Waals surface area contributed by atoms with E-state index in [1.54, 1.807) is 0 Å². The highest BCUT2D eigenvalue weighted by atomic mass is 19.4. The zero-order chi connectivity index (χ0) is 12.4. The van der Waals surface area contributed by atoms with Crippen LogP contribution in [0.5, 0.6) is 0 Å².